The number of hydrogen-bond donors (Lipinski definition) is 3. The maximum absolute atomic E-state index is 8.55. The number of hydrogen-bond acceptors (Lipinski definition) is 5. The van der Waals surface area contributed by atoms with Crippen LogP contribution in [-0.4, -0.2) is 17.9 Å². The number of amidine groups is 1. The number of anilines is 1. The van der Waals surface area contributed by atoms with Gasteiger partial charge in [0.25, 0.3) is 0 Å². The number of nitrogens with zero attached hydrogens (tertiary/aromatic N) is 4. The minimum Gasteiger partial charge on any atom is -0.371 e. The molecule has 0 radical (unpaired) electrons. The van der Waals surface area contributed by atoms with Crippen molar-refractivity contribution in [3.63, 3.8) is 0 Å². The molecule has 0 unspecified atom stereocenters. The average Bonchev–Trinajstić information content (AvgIpc) is 2.64. The maximum atomic E-state index is 8.55. The third-order valence-electron chi connectivity index (χ3n) is 5.03. The minimum absolute atomic E-state index is 0.259. The summed E-state index contributed by atoms with van der Waals surface area (Å²) in [5, 5.41) is 8.07. The first-order valence-electron chi connectivity index (χ1n) is 8.89. The number of para-hydroxylation sites is 2. The summed E-state index contributed by atoms with van der Waals surface area (Å²) >= 11 is 6.05. The zero-order valence-electron chi connectivity index (χ0n) is 14.7. The van der Waals surface area contributed by atoms with Crippen molar-refractivity contribution in [2.75, 3.05) is 11.9 Å². The molecule has 7 nitrogen and oxygen atoms in total. The van der Waals surface area contributed by atoms with Gasteiger partial charge in [0.05, 0.1) is 16.9 Å². The number of rotatable bonds is 5. The van der Waals surface area contributed by atoms with Crippen LogP contribution in [0.3, 0.4) is 0 Å². The van der Waals surface area contributed by atoms with E-state index >= 15 is 0 Å². The van der Waals surface area contributed by atoms with Gasteiger partial charge < -0.3 is 10.7 Å². The Balaban J connectivity index is 1.48. The Morgan fingerprint density at radius 2 is 2.11 bits per heavy atom. The molecule has 0 amide bonds. The second-order valence-corrected chi connectivity index (χ2v) is 7.42. The van der Waals surface area contributed by atoms with E-state index in [0.29, 0.717) is 19.0 Å². The molecule has 1 fully saturated rings. The van der Waals surface area contributed by atoms with Crippen molar-refractivity contribution in [3.05, 3.63) is 69.6 Å². The van der Waals surface area contributed by atoms with Crippen LogP contribution in [0.5, 0.6) is 0 Å². The van der Waals surface area contributed by atoms with E-state index in [1.165, 1.54) is 0 Å². The first-order valence-corrected chi connectivity index (χ1v) is 9.27. The molecular weight excluding hydrogens is 362 g/mol. The van der Waals surface area contributed by atoms with Crippen LogP contribution in [0.15, 0.2) is 58.6 Å². The molecule has 1 aliphatic carbocycles. The van der Waals surface area contributed by atoms with Crippen molar-refractivity contribution in [2.24, 2.45) is 16.0 Å². The summed E-state index contributed by atoms with van der Waals surface area (Å²) in [6.07, 6.45) is 1.73. The molecule has 1 aliphatic heterocycles. The fourth-order valence-electron chi connectivity index (χ4n) is 3.75. The Bertz CT molecular complexity index is 914. The van der Waals surface area contributed by atoms with Gasteiger partial charge in [0.2, 0.25) is 0 Å². The molecule has 8 heteroatoms. The fraction of sp³-hybridized carbons (Fsp3) is 0.316. The van der Waals surface area contributed by atoms with E-state index in [4.69, 9.17) is 22.1 Å². The van der Waals surface area contributed by atoms with Gasteiger partial charge in [-0.05, 0) is 54.1 Å². The zero-order valence-corrected chi connectivity index (χ0v) is 15.4. The molecule has 1 saturated carbocycles. The van der Waals surface area contributed by atoms with Crippen LogP contribution in [0.2, 0.25) is 5.02 Å². The SMILES string of the molecule is [N-]=[N+]=NCC1CC2(C1)Nc1ccccc1N=C2NNCc1cccc(Cl)c1. The number of fused-ring (bicyclic) bond motifs is 1. The molecule has 2 aliphatic rings. The molecule has 4 rings (SSSR count). The quantitative estimate of drug-likeness (QED) is 0.306. The van der Waals surface area contributed by atoms with Crippen LogP contribution in [-0.2, 0) is 6.54 Å². The Morgan fingerprint density at radius 3 is 2.93 bits per heavy atom. The highest BCUT2D eigenvalue weighted by molar-refractivity contribution is 6.30. The molecule has 2 aromatic rings. The van der Waals surface area contributed by atoms with E-state index in [1.54, 1.807) is 0 Å². The summed E-state index contributed by atoms with van der Waals surface area (Å²) in [4.78, 5) is 7.71. The Hall–Kier alpha value is -2.73. The van der Waals surface area contributed by atoms with Crippen LogP contribution < -0.4 is 16.2 Å². The summed E-state index contributed by atoms with van der Waals surface area (Å²) < 4.78 is 0. The van der Waals surface area contributed by atoms with E-state index in [-0.39, 0.29) is 5.54 Å². The lowest BCUT2D eigenvalue weighted by Gasteiger charge is -2.50. The molecule has 2 aromatic carbocycles. The van der Waals surface area contributed by atoms with Crippen molar-refractivity contribution < 1.29 is 0 Å². The highest BCUT2D eigenvalue weighted by atomic mass is 35.5. The molecule has 138 valence electrons. The molecule has 0 atom stereocenters. The van der Waals surface area contributed by atoms with Gasteiger partial charge in [-0.25, -0.2) is 10.4 Å². The van der Waals surface area contributed by atoms with Crippen molar-refractivity contribution in [3.8, 4) is 0 Å². The van der Waals surface area contributed by atoms with Crippen molar-refractivity contribution in [2.45, 2.75) is 24.9 Å². The number of halogens is 1. The maximum Gasteiger partial charge on any atom is 0.142 e. The second kappa shape index (κ2) is 7.48. The van der Waals surface area contributed by atoms with E-state index in [9.17, 15) is 0 Å². The van der Waals surface area contributed by atoms with Crippen LogP contribution in [0, 0.1) is 5.92 Å². The number of hydrazine groups is 1. The summed E-state index contributed by atoms with van der Waals surface area (Å²) in [6.45, 7) is 1.14. The van der Waals surface area contributed by atoms with Crippen molar-refractivity contribution >= 4 is 28.8 Å². The first kappa shape index (κ1) is 17.7. The largest absolute Gasteiger partial charge is 0.371 e. The van der Waals surface area contributed by atoms with Gasteiger partial charge in [-0.3, -0.25) is 0 Å². The molecule has 1 heterocycles. The standard InChI is InChI=1S/C19H20ClN7/c20-15-5-3-4-13(8-15)11-22-26-18-19(9-14(10-19)12-23-27-21)25-17-7-2-1-6-16(17)24-18/h1-8,14,22,25H,9-12H2,(H,24,26). The number of nitrogens with one attached hydrogen (secondary N) is 3. The normalized spacial score (nSPS) is 22.7. The monoisotopic (exact) mass is 381 g/mol. The number of aliphatic imine (C=N–C) groups is 1. The zero-order chi connectivity index (χ0) is 18.7. The summed E-state index contributed by atoms with van der Waals surface area (Å²) in [5.74, 6) is 1.22. The van der Waals surface area contributed by atoms with Crippen LogP contribution in [0.1, 0.15) is 18.4 Å². The van der Waals surface area contributed by atoms with Gasteiger partial charge in [0.15, 0.2) is 0 Å². The van der Waals surface area contributed by atoms with E-state index < -0.39 is 0 Å². The molecule has 0 bridgehead atoms. The van der Waals surface area contributed by atoms with Gasteiger partial charge >= 0.3 is 0 Å². The molecule has 0 saturated heterocycles. The van der Waals surface area contributed by atoms with Crippen LogP contribution in [0.25, 0.3) is 10.4 Å². The third-order valence-corrected chi connectivity index (χ3v) is 5.26. The molecular formula is C19H20ClN7. The predicted octanol–water partition coefficient (Wildman–Crippen LogP) is 4.55. The average molecular weight is 382 g/mol. The first-order chi connectivity index (χ1) is 13.2. The second-order valence-electron chi connectivity index (χ2n) is 6.98. The highest BCUT2D eigenvalue weighted by Crippen LogP contribution is 2.46. The number of benzene rings is 2. The van der Waals surface area contributed by atoms with E-state index in [0.717, 1.165) is 40.6 Å². The van der Waals surface area contributed by atoms with Gasteiger partial charge in [-0.15, -0.1) is 0 Å². The van der Waals surface area contributed by atoms with Crippen molar-refractivity contribution in [1.82, 2.24) is 10.9 Å². The molecule has 3 N–H and O–H groups in total. The van der Waals surface area contributed by atoms with E-state index in [1.807, 2.05) is 48.5 Å². The van der Waals surface area contributed by atoms with Crippen LogP contribution in [0.4, 0.5) is 11.4 Å². The van der Waals surface area contributed by atoms with Gasteiger partial charge in [0.1, 0.15) is 5.84 Å². The Labute approximate surface area is 162 Å². The lowest BCUT2D eigenvalue weighted by atomic mass is 9.66. The van der Waals surface area contributed by atoms with Crippen molar-refractivity contribution in [1.29, 1.82) is 0 Å². The van der Waals surface area contributed by atoms with Gasteiger partial charge in [-0.2, -0.15) is 0 Å². The Morgan fingerprint density at radius 1 is 1.26 bits per heavy atom. The fourth-order valence-corrected chi connectivity index (χ4v) is 3.96. The molecule has 0 aromatic heterocycles. The summed E-state index contributed by atoms with van der Waals surface area (Å²) in [7, 11) is 0. The van der Waals surface area contributed by atoms with Gasteiger partial charge in [0, 0.05) is 23.0 Å². The highest BCUT2D eigenvalue weighted by Gasteiger charge is 2.49. The lowest BCUT2D eigenvalue weighted by Crippen LogP contribution is -2.63. The third kappa shape index (κ3) is 3.71. The predicted molar refractivity (Wildman–Crippen MR) is 108 cm³/mol. The Kier molecular flexibility index (Phi) is 4.90. The molecule has 1 spiro atoms. The molecule has 27 heavy (non-hydrogen) atoms. The smallest absolute Gasteiger partial charge is 0.142 e. The summed E-state index contributed by atoms with van der Waals surface area (Å²) in [5.41, 5.74) is 17.9. The van der Waals surface area contributed by atoms with Gasteiger partial charge in [-0.1, -0.05) is 41.0 Å². The number of azide groups is 1. The lowest BCUT2D eigenvalue weighted by molar-refractivity contribution is 0.234. The minimum atomic E-state index is -0.259. The summed E-state index contributed by atoms with van der Waals surface area (Å²) in [6, 6.07) is 15.8. The van der Waals surface area contributed by atoms with E-state index in [2.05, 4.69) is 26.2 Å². The topological polar surface area (TPSA) is 97.2 Å². The van der Waals surface area contributed by atoms with Crippen LogP contribution >= 0.6 is 11.6 Å².